The van der Waals surface area contributed by atoms with Crippen molar-refractivity contribution in [1.29, 1.82) is 0 Å². The fraction of sp³-hybridized carbons (Fsp3) is 0. The Labute approximate surface area is 111 Å². The van der Waals surface area contributed by atoms with Crippen molar-refractivity contribution in [1.82, 2.24) is 0 Å². The van der Waals surface area contributed by atoms with Crippen LogP contribution in [0.5, 0.6) is 0 Å². The van der Waals surface area contributed by atoms with Crippen molar-refractivity contribution in [3.05, 3.63) is 78.2 Å². The average molecular weight is 249 g/mol. The van der Waals surface area contributed by atoms with Gasteiger partial charge in [0, 0.05) is 11.1 Å². The summed E-state index contributed by atoms with van der Waals surface area (Å²) in [6.07, 6.45) is 0. The van der Waals surface area contributed by atoms with Gasteiger partial charge in [0.05, 0.1) is 12.1 Å². The molecular weight excluding hydrogens is 236 g/mol. The van der Waals surface area contributed by atoms with Gasteiger partial charge in [-0.05, 0) is 0 Å². The number of hydrogen-bond donors (Lipinski definition) is 0. The summed E-state index contributed by atoms with van der Waals surface area (Å²) in [7, 11) is 0. The van der Waals surface area contributed by atoms with Crippen molar-refractivity contribution in [2.24, 2.45) is 0 Å². The first-order valence-electron chi connectivity index (χ1n) is 6.11. The molecule has 0 bridgehead atoms. The lowest BCUT2D eigenvalue weighted by atomic mass is 10.1. The lowest BCUT2D eigenvalue weighted by molar-refractivity contribution is 0.540. The molecule has 1 heterocycles. The van der Waals surface area contributed by atoms with Crippen LogP contribution in [0.25, 0.3) is 22.6 Å². The van der Waals surface area contributed by atoms with Crippen LogP contribution in [0.3, 0.4) is 0 Å². The Morgan fingerprint density at radius 3 is 1.47 bits per heavy atom. The standard InChI is InChI=1S/C17H12O2/c18-15-11-16(13-7-3-1-4-8-13)19-17(12-15)14-9-5-2-6-10-14/h1-12H/p+1. The summed E-state index contributed by atoms with van der Waals surface area (Å²) in [5, 5.41) is 0. The smallest absolute Gasteiger partial charge is 0.347 e. The van der Waals surface area contributed by atoms with E-state index in [0.29, 0.717) is 11.5 Å². The second kappa shape index (κ2) is 4.94. The van der Waals surface area contributed by atoms with E-state index < -0.39 is 0 Å². The molecular formula is C17H13O2+. The molecule has 0 fully saturated rings. The molecule has 2 nitrogen and oxygen atoms in total. The van der Waals surface area contributed by atoms with Crippen LogP contribution >= 0.6 is 0 Å². The highest BCUT2D eigenvalue weighted by Crippen LogP contribution is 2.24. The first-order valence-corrected chi connectivity index (χ1v) is 6.11. The van der Waals surface area contributed by atoms with Crippen molar-refractivity contribution in [2.75, 3.05) is 0 Å². The van der Waals surface area contributed by atoms with Gasteiger partial charge in [0.2, 0.25) is 0 Å². The highest BCUT2D eigenvalue weighted by Gasteiger charge is 2.08. The molecule has 3 rings (SSSR count). The van der Waals surface area contributed by atoms with E-state index in [0.717, 1.165) is 11.1 Å². The van der Waals surface area contributed by atoms with Crippen molar-refractivity contribution in [2.45, 2.75) is 0 Å². The minimum atomic E-state index is 0.198. The minimum Gasteiger partial charge on any atom is -0.455 e. The molecule has 0 aliphatic carbocycles. The predicted molar refractivity (Wildman–Crippen MR) is 74.7 cm³/mol. The van der Waals surface area contributed by atoms with Gasteiger partial charge in [-0.15, -0.1) is 0 Å². The number of benzene rings is 2. The maximum Gasteiger partial charge on any atom is 0.347 e. The van der Waals surface area contributed by atoms with Gasteiger partial charge in [0.15, 0.2) is 0 Å². The minimum absolute atomic E-state index is 0.198. The van der Waals surface area contributed by atoms with Crippen LogP contribution < -0.4 is 5.43 Å². The van der Waals surface area contributed by atoms with Gasteiger partial charge in [-0.2, -0.15) is 0 Å². The second-order valence-corrected chi connectivity index (χ2v) is 4.28. The number of rotatable bonds is 2. The molecule has 2 aromatic carbocycles. The third-order valence-corrected chi connectivity index (χ3v) is 2.89. The zero-order valence-corrected chi connectivity index (χ0v) is 10.3. The predicted octanol–water partition coefficient (Wildman–Crippen LogP) is 3.62. The van der Waals surface area contributed by atoms with Crippen LogP contribution in [0.2, 0.25) is 0 Å². The Morgan fingerprint density at radius 1 is 0.632 bits per heavy atom. The summed E-state index contributed by atoms with van der Waals surface area (Å²) >= 11 is 0. The van der Waals surface area contributed by atoms with Gasteiger partial charge in [0.1, 0.15) is 11.5 Å². The van der Waals surface area contributed by atoms with Crippen LogP contribution in [0.15, 0.2) is 77.2 Å². The molecule has 92 valence electrons. The van der Waals surface area contributed by atoms with Crippen molar-refractivity contribution in [3.63, 3.8) is 0 Å². The molecule has 0 amide bonds. The summed E-state index contributed by atoms with van der Waals surface area (Å²) in [6, 6.07) is 22.7. The highest BCUT2D eigenvalue weighted by atomic mass is 16.3. The molecule has 0 aliphatic rings. The molecule has 3 aromatic rings. The van der Waals surface area contributed by atoms with E-state index in [1.165, 1.54) is 0 Å². The molecule has 0 unspecified atom stereocenters. The van der Waals surface area contributed by atoms with Crippen LogP contribution in [0.4, 0.5) is 0 Å². The van der Waals surface area contributed by atoms with E-state index in [2.05, 4.69) is 0 Å². The quantitative estimate of drug-likeness (QED) is 0.639. The Morgan fingerprint density at radius 2 is 1.05 bits per heavy atom. The fourth-order valence-electron chi connectivity index (χ4n) is 1.98. The average Bonchev–Trinajstić information content (AvgIpc) is 2.48. The molecule has 0 aliphatic heterocycles. The molecule has 0 saturated carbocycles. The fourth-order valence-corrected chi connectivity index (χ4v) is 1.98. The Bertz CT molecular complexity index is 667. The van der Waals surface area contributed by atoms with Crippen LogP contribution in [0.1, 0.15) is 0 Å². The molecule has 0 saturated heterocycles. The summed E-state index contributed by atoms with van der Waals surface area (Å²) in [5.74, 6) is 1.30. The van der Waals surface area contributed by atoms with E-state index in [1.807, 2.05) is 60.7 Å². The maximum absolute atomic E-state index is 9.86. The summed E-state index contributed by atoms with van der Waals surface area (Å²) in [4.78, 5) is 9.86. The zero-order chi connectivity index (χ0) is 13.1. The third kappa shape index (κ3) is 2.47. The summed E-state index contributed by atoms with van der Waals surface area (Å²) < 4.78 is 5.87. The molecule has 0 atom stereocenters. The van der Waals surface area contributed by atoms with Crippen molar-refractivity contribution >= 4 is 0 Å². The molecule has 2 heteroatoms. The maximum atomic E-state index is 9.86. The van der Waals surface area contributed by atoms with E-state index in [1.54, 1.807) is 12.1 Å². The Balaban J connectivity index is 2.15. The van der Waals surface area contributed by atoms with Crippen LogP contribution in [0, 0.1) is 0 Å². The summed E-state index contributed by atoms with van der Waals surface area (Å²) in [6.45, 7) is 0. The van der Waals surface area contributed by atoms with E-state index in [4.69, 9.17) is 4.42 Å². The lowest BCUT2D eigenvalue weighted by Gasteiger charge is -2.03. The topological polar surface area (TPSA) is 34.5 Å². The van der Waals surface area contributed by atoms with Gasteiger partial charge < -0.3 is 4.42 Å². The Kier molecular flexibility index (Phi) is 2.99. The Hall–Kier alpha value is -2.61. The molecule has 19 heavy (non-hydrogen) atoms. The van der Waals surface area contributed by atoms with Gasteiger partial charge in [-0.1, -0.05) is 60.7 Å². The van der Waals surface area contributed by atoms with E-state index in [9.17, 15) is 4.79 Å². The van der Waals surface area contributed by atoms with Crippen LogP contribution in [-0.4, -0.2) is 4.79 Å². The lowest BCUT2D eigenvalue weighted by Crippen LogP contribution is -2.00. The first-order chi connectivity index (χ1) is 9.33. The van der Waals surface area contributed by atoms with Crippen LogP contribution in [-0.2, 0) is 0 Å². The van der Waals surface area contributed by atoms with Gasteiger partial charge in [0.25, 0.3) is 0 Å². The third-order valence-electron chi connectivity index (χ3n) is 2.89. The molecule has 0 radical (unpaired) electrons. The normalized spacial score (nSPS) is 10.3. The summed E-state index contributed by atoms with van der Waals surface area (Å²) in [5.41, 5.74) is 2.08. The zero-order valence-electron chi connectivity index (χ0n) is 10.3. The molecule has 1 N–H and O–H groups in total. The van der Waals surface area contributed by atoms with E-state index in [-0.39, 0.29) is 5.43 Å². The molecule has 0 spiro atoms. The first kappa shape index (κ1) is 11.5. The highest BCUT2D eigenvalue weighted by molar-refractivity contribution is 5.62. The van der Waals surface area contributed by atoms with E-state index >= 15 is 0 Å². The van der Waals surface area contributed by atoms with Crippen molar-refractivity contribution < 1.29 is 9.21 Å². The second-order valence-electron chi connectivity index (χ2n) is 4.28. The molecule has 1 aromatic heterocycles. The largest absolute Gasteiger partial charge is 0.455 e. The van der Waals surface area contributed by atoms with Gasteiger partial charge >= 0.3 is 5.43 Å². The SMILES string of the molecule is [OH+]=c1cc(-c2ccccc2)oc(-c2ccccc2)c1. The van der Waals surface area contributed by atoms with Gasteiger partial charge in [-0.25, -0.2) is 0 Å². The monoisotopic (exact) mass is 249 g/mol. The number of hydrogen-bond acceptors (Lipinski definition) is 1. The van der Waals surface area contributed by atoms with Crippen molar-refractivity contribution in [3.8, 4) is 22.6 Å². The van der Waals surface area contributed by atoms with Gasteiger partial charge in [-0.3, -0.25) is 4.79 Å².